The van der Waals surface area contributed by atoms with Crippen LogP contribution in [0.15, 0.2) is 24.3 Å². The number of hydrogen-bond acceptors (Lipinski definition) is 3. The maximum Gasteiger partial charge on any atom is 0.223 e. The molecule has 1 atom stereocenters. The summed E-state index contributed by atoms with van der Waals surface area (Å²) < 4.78 is 5.92. The molecule has 0 aromatic heterocycles. The number of ether oxygens (including phenoxy) is 1. The van der Waals surface area contributed by atoms with Crippen LogP contribution in [0.2, 0.25) is 0 Å². The number of hydrogen-bond donors (Lipinski definition) is 2. The first kappa shape index (κ1) is 17.6. The van der Waals surface area contributed by atoms with E-state index in [1.807, 2.05) is 18.2 Å². The minimum absolute atomic E-state index is 0. The maximum absolute atomic E-state index is 12.5. The predicted octanol–water partition coefficient (Wildman–Crippen LogP) is 2.90. The molecule has 1 aromatic rings. The normalized spacial score (nSPS) is 24.1. The molecule has 1 amide bonds. The van der Waals surface area contributed by atoms with Gasteiger partial charge in [0, 0.05) is 18.0 Å². The van der Waals surface area contributed by atoms with Crippen LogP contribution in [0.4, 0.5) is 0 Å². The summed E-state index contributed by atoms with van der Waals surface area (Å²) in [5.74, 6) is 2.11. The molecule has 4 rings (SSSR count). The lowest BCUT2D eigenvalue weighted by Gasteiger charge is -2.23. The Bertz CT molecular complexity index is 582. The summed E-state index contributed by atoms with van der Waals surface area (Å²) >= 11 is 0. The molecule has 3 aliphatic rings. The zero-order valence-electron chi connectivity index (χ0n) is 14.1. The van der Waals surface area contributed by atoms with Crippen molar-refractivity contribution in [1.29, 1.82) is 0 Å². The second-order valence-corrected chi connectivity index (χ2v) is 7.45. The Hall–Kier alpha value is -1.26. The number of benzene rings is 1. The van der Waals surface area contributed by atoms with Crippen LogP contribution in [0.5, 0.6) is 5.75 Å². The molecule has 2 aliphatic carbocycles. The van der Waals surface area contributed by atoms with Crippen molar-refractivity contribution >= 4 is 18.3 Å². The SMILES string of the molecule is Cl.O=C(NCc1ccccc1OCC1CC1)C1CC12CCNCC2. The summed E-state index contributed by atoms with van der Waals surface area (Å²) in [6.45, 7) is 3.50. The topological polar surface area (TPSA) is 50.4 Å². The van der Waals surface area contributed by atoms with E-state index < -0.39 is 0 Å². The molecular weight excluding hydrogens is 324 g/mol. The number of halogens is 1. The molecule has 1 spiro atoms. The lowest BCUT2D eigenvalue weighted by Crippen LogP contribution is -2.33. The van der Waals surface area contributed by atoms with Gasteiger partial charge in [0.15, 0.2) is 0 Å². The zero-order chi connectivity index (χ0) is 15.7. The van der Waals surface area contributed by atoms with Gasteiger partial charge in [-0.3, -0.25) is 4.79 Å². The average molecular weight is 351 g/mol. The van der Waals surface area contributed by atoms with Gasteiger partial charge >= 0.3 is 0 Å². The molecule has 132 valence electrons. The molecule has 3 fully saturated rings. The fourth-order valence-corrected chi connectivity index (χ4v) is 3.78. The standard InChI is InChI=1S/C19H26N2O2.ClH/c22-18(16-11-19(16)7-9-20-10-8-19)21-12-15-3-1-2-4-17(15)23-13-14-5-6-14;/h1-4,14,16,20H,5-13H2,(H,21,22);1H. The molecule has 2 N–H and O–H groups in total. The first-order valence-electron chi connectivity index (χ1n) is 8.96. The van der Waals surface area contributed by atoms with Crippen molar-refractivity contribution in [1.82, 2.24) is 10.6 Å². The largest absolute Gasteiger partial charge is 0.493 e. The van der Waals surface area contributed by atoms with Crippen molar-refractivity contribution in [3.63, 3.8) is 0 Å². The summed E-state index contributed by atoms with van der Waals surface area (Å²) in [7, 11) is 0. The molecule has 1 saturated heterocycles. The van der Waals surface area contributed by atoms with E-state index in [-0.39, 0.29) is 24.2 Å². The Kier molecular flexibility index (Phi) is 5.36. The fourth-order valence-electron chi connectivity index (χ4n) is 3.78. The van der Waals surface area contributed by atoms with Crippen LogP contribution in [0.3, 0.4) is 0 Å². The minimum Gasteiger partial charge on any atom is -0.493 e. The van der Waals surface area contributed by atoms with E-state index in [1.165, 1.54) is 12.8 Å². The molecule has 5 heteroatoms. The van der Waals surface area contributed by atoms with Crippen molar-refractivity contribution < 1.29 is 9.53 Å². The third-order valence-electron chi connectivity index (χ3n) is 5.70. The molecular formula is C19H27ClN2O2. The van der Waals surface area contributed by atoms with Gasteiger partial charge in [0.2, 0.25) is 5.91 Å². The number of amides is 1. The smallest absolute Gasteiger partial charge is 0.223 e. The van der Waals surface area contributed by atoms with Gasteiger partial charge in [0.05, 0.1) is 6.61 Å². The molecule has 1 aliphatic heterocycles. The highest BCUT2D eigenvalue weighted by molar-refractivity contribution is 5.85. The summed E-state index contributed by atoms with van der Waals surface area (Å²) in [6, 6.07) is 8.07. The molecule has 1 aromatic carbocycles. The minimum atomic E-state index is 0. The molecule has 0 bridgehead atoms. The highest BCUT2D eigenvalue weighted by Crippen LogP contribution is 2.58. The van der Waals surface area contributed by atoms with E-state index in [0.29, 0.717) is 12.0 Å². The second kappa shape index (κ2) is 7.32. The van der Waals surface area contributed by atoms with Gasteiger partial charge in [-0.25, -0.2) is 0 Å². The van der Waals surface area contributed by atoms with Crippen molar-refractivity contribution in [3.8, 4) is 5.75 Å². The number of para-hydroxylation sites is 1. The molecule has 1 unspecified atom stereocenters. The highest BCUT2D eigenvalue weighted by Gasteiger charge is 2.57. The predicted molar refractivity (Wildman–Crippen MR) is 96.4 cm³/mol. The Morgan fingerprint density at radius 2 is 2.00 bits per heavy atom. The van der Waals surface area contributed by atoms with E-state index in [2.05, 4.69) is 16.7 Å². The van der Waals surface area contributed by atoms with E-state index in [9.17, 15) is 4.79 Å². The fraction of sp³-hybridized carbons (Fsp3) is 0.632. The number of rotatable bonds is 6. The Morgan fingerprint density at radius 1 is 1.25 bits per heavy atom. The van der Waals surface area contributed by atoms with Crippen LogP contribution in [0.25, 0.3) is 0 Å². The van der Waals surface area contributed by atoms with Crippen molar-refractivity contribution in [2.45, 2.75) is 38.6 Å². The lowest BCUT2D eigenvalue weighted by atomic mass is 9.92. The number of carbonyl (C=O) groups is 1. The van der Waals surface area contributed by atoms with Gasteiger partial charge < -0.3 is 15.4 Å². The van der Waals surface area contributed by atoms with Crippen LogP contribution in [0.1, 0.15) is 37.7 Å². The van der Waals surface area contributed by atoms with Gasteiger partial charge in [-0.05, 0) is 62.6 Å². The van der Waals surface area contributed by atoms with Crippen LogP contribution in [-0.2, 0) is 11.3 Å². The van der Waals surface area contributed by atoms with Crippen molar-refractivity contribution in [2.24, 2.45) is 17.3 Å². The van der Waals surface area contributed by atoms with Crippen molar-refractivity contribution in [2.75, 3.05) is 19.7 Å². The second-order valence-electron chi connectivity index (χ2n) is 7.45. The first-order valence-corrected chi connectivity index (χ1v) is 8.96. The number of nitrogens with one attached hydrogen (secondary N) is 2. The molecule has 0 radical (unpaired) electrons. The third-order valence-corrected chi connectivity index (χ3v) is 5.70. The number of carbonyl (C=O) groups excluding carboxylic acids is 1. The van der Waals surface area contributed by atoms with E-state index in [1.54, 1.807) is 0 Å². The van der Waals surface area contributed by atoms with Gasteiger partial charge in [-0.1, -0.05) is 18.2 Å². The summed E-state index contributed by atoms with van der Waals surface area (Å²) in [4.78, 5) is 12.5. The molecule has 24 heavy (non-hydrogen) atoms. The average Bonchev–Trinajstić information content (AvgIpc) is 3.50. The molecule has 2 saturated carbocycles. The van der Waals surface area contributed by atoms with Gasteiger partial charge in [-0.15, -0.1) is 12.4 Å². The lowest BCUT2D eigenvalue weighted by molar-refractivity contribution is -0.123. The third kappa shape index (κ3) is 3.86. The highest BCUT2D eigenvalue weighted by atomic mass is 35.5. The van der Waals surface area contributed by atoms with E-state index in [0.717, 1.165) is 56.2 Å². The zero-order valence-corrected chi connectivity index (χ0v) is 14.9. The van der Waals surface area contributed by atoms with Crippen LogP contribution < -0.4 is 15.4 Å². The monoisotopic (exact) mass is 350 g/mol. The van der Waals surface area contributed by atoms with Crippen LogP contribution >= 0.6 is 12.4 Å². The summed E-state index contributed by atoms with van der Waals surface area (Å²) in [5.41, 5.74) is 1.39. The van der Waals surface area contributed by atoms with Gasteiger partial charge in [0.1, 0.15) is 5.75 Å². The van der Waals surface area contributed by atoms with Gasteiger partial charge in [0.25, 0.3) is 0 Å². The maximum atomic E-state index is 12.5. The Morgan fingerprint density at radius 3 is 2.75 bits per heavy atom. The van der Waals surface area contributed by atoms with Crippen LogP contribution in [0, 0.1) is 17.3 Å². The first-order chi connectivity index (χ1) is 11.3. The number of piperidine rings is 1. The summed E-state index contributed by atoms with van der Waals surface area (Å²) in [6.07, 6.45) is 5.94. The van der Waals surface area contributed by atoms with E-state index in [4.69, 9.17) is 4.74 Å². The Balaban J connectivity index is 0.00000169. The molecule has 1 heterocycles. The quantitative estimate of drug-likeness (QED) is 0.829. The van der Waals surface area contributed by atoms with Crippen LogP contribution in [-0.4, -0.2) is 25.6 Å². The van der Waals surface area contributed by atoms with Crippen molar-refractivity contribution in [3.05, 3.63) is 29.8 Å². The summed E-state index contributed by atoms with van der Waals surface area (Å²) in [5, 5.41) is 6.52. The molecule has 4 nitrogen and oxygen atoms in total. The Labute approximate surface area is 150 Å². The van der Waals surface area contributed by atoms with E-state index >= 15 is 0 Å². The van der Waals surface area contributed by atoms with Gasteiger partial charge in [-0.2, -0.15) is 0 Å².